The van der Waals surface area contributed by atoms with Crippen molar-refractivity contribution in [3.05, 3.63) is 29.8 Å². The lowest BCUT2D eigenvalue weighted by Crippen LogP contribution is -2.59. The minimum atomic E-state index is -3.18. The number of hydrogen-bond acceptors (Lipinski definition) is 3. The zero-order valence-corrected chi connectivity index (χ0v) is 15.8. The summed E-state index contributed by atoms with van der Waals surface area (Å²) in [6.45, 7) is 0.529. The van der Waals surface area contributed by atoms with Crippen molar-refractivity contribution in [2.24, 2.45) is 17.8 Å². The van der Waals surface area contributed by atoms with Crippen molar-refractivity contribution in [2.45, 2.75) is 50.5 Å². The first-order chi connectivity index (χ1) is 12.4. The molecule has 1 heterocycles. The second-order valence-electron chi connectivity index (χ2n) is 8.94. The first kappa shape index (κ1) is 16.6. The first-order valence-corrected chi connectivity index (χ1v) is 11.5. The van der Waals surface area contributed by atoms with Crippen LogP contribution in [-0.4, -0.2) is 32.2 Å². The maximum absolute atomic E-state index is 12.8. The van der Waals surface area contributed by atoms with Crippen LogP contribution >= 0.6 is 0 Å². The number of benzene rings is 1. The Morgan fingerprint density at radius 1 is 1.00 bits per heavy atom. The SMILES string of the molecule is O=C(NC12CC3CC(CC(C3)C1)C2)c1ccc(N2CCCS2(=O)=O)cc1. The summed E-state index contributed by atoms with van der Waals surface area (Å²) < 4.78 is 25.5. The molecule has 1 aliphatic heterocycles. The van der Waals surface area contributed by atoms with Gasteiger partial charge in [-0.15, -0.1) is 0 Å². The molecule has 5 fully saturated rings. The third-order valence-electron chi connectivity index (χ3n) is 6.93. The van der Waals surface area contributed by atoms with Gasteiger partial charge in [0.1, 0.15) is 0 Å². The Morgan fingerprint density at radius 2 is 1.58 bits per heavy atom. The molecule has 1 amide bonds. The molecule has 6 rings (SSSR count). The Morgan fingerprint density at radius 3 is 2.08 bits per heavy atom. The Kier molecular flexibility index (Phi) is 3.65. The Hall–Kier alpha value is -1.56. The predicted octanol–water partition coefficient (Wildman–Crippen LogP) is 2.93. The van der Waals surface area contributed by atoms with E-state index in [2.05, 4.69) is 5.32 Å². The van der Waals surface area contributed by atoms with Crippen molar-refractivity contribution in [1.82, 2.24) is 5.32 Å². The molecular weight excluding hydrogens is 348 g/mol. The van der Waals surface area contributed by atoms with Gasteiger partial charge in [-0.05, 0) is 87.0 Å². The zero-order chi connectivity index (χ0) is 17.9. The molecule has 0 atom stereocenters. The van der Waals surface area contributed by atoms with E-state index in [-0.39, 0.29) is 17.2 Å². The van der Waals surface area contributed by atoms with E-state index in [0.29, 0.717) is 24.2 Å². The monoisotopic (exact) mass is 374 g/mol. The quantitative estimate of drug-likeness (QED) is 0.885. The Balaban J connectivity index is 1.32. The molecule has 1 saturated heterocycles. The minimum Gasteiger partial charge on any atom is -0.347 e. The van der Waals surface area contributed by atoms with Crippen LogP contribution in [0.4, 0.5) is 5.69 Å². The summed E-state index contributed by atoms with van der Waals surface area (Å²) in [6.07, 6.45) is 8.13. The van der Waals surface area contributed by atoms with Crippen LogP contribution in [0.2, 0.25) is 0 Å². The van der Waals surface area contributed by atoms with Crippen LogP contribution in [0.25, 0.3) is 0 Å². The number of hydrogen-bond donors (Lipinski definition) is 1. The molecule has 26 heavy (non-hydrogen) atoms. The number of anilines is 1. The maximum atomic E-state index is 12.8. The zero-order valence-electron chi connectivity index (χ0n) is 15.0. The lowest BCUT2D eigenvalue weighted by atomic mass is 9.53. The van der Waals surface area contributed by atoms with E-state index in [4.69, 9.17) is 0 Å². The Bertz CT molecular complexity index is 796. The average molecular weight is 375 g/mol. The summed E-state index contributed by atoms with van der Waals surface area (Å²) >= 11 is 0. The van der Waals surface area contributed by atoms with Crippen molar-refractivity contribution in [3.8, 4) is 0 Å². The molecule has 4 saturated carbocycles. The van der Waals surface area contributed by atoms with Gasteiger partial charge in [-0.2, -0.15) is 0 Å². The van der Waals surface area contributed by atoms with Crippen LogP contribution in [0.1, 0.15) is 55.3 Å². The van der Waals surface area contributed by atoms with Crippen molar-refractivity contribution in [2.75, 3.05) is 16.6 Å². The number of nitrogens with one attached hydrogen (secondary N) is 1. The molecule has 1 N–H and O–H groups in total. The highest BCUT2D eigenvalue weighted by Crippen LogP contribution is 2.55. The van der Waals surface area contributed by atoms with Crippen molar-refractivity contribution < 1.29 is 13.2 Å². The van der Waals surface area contributed by atoms with Crippen LogP contribution in [0.3, 0.4) is 0 Å². The third-order valence-corrected chi connectivity index (χ3v) is 8.80. The van der Waals surface area contributed by atoms with Crippen LogP contribution < -0.4 is 9.62 Å². The standard InChI is InChI=1S/C20H26N2O3S/c23-19(21-20-11-14-8-15(12-20)10-16(9-14)13-20)17-2-4-18(5-3-17)22-6-1-7-26(22,24)25/h2-5,14-16H,1,6-13H2,(H,21,23). The molecule has 5 aliphatic rings. The lowest BCUT2D eigenvalue weighted by molar-refractivity contribution is -0.0167. The highest BCUT2D eigenvalue weighted by atomic mass is 32.2. The van der Waals surface area contributed by atoms with Crippen molar-refractivity contribution >= 4 is 21.6 Å². The van der Waals surface area contributed by atoms with E-state index in [1.54, 1.807) is 24.3 Å². The minimum absolute atomic E-state index is 0.00277. The van der Waals surface area contributed by atoms with Gasteiger partial charge >= 0.3 is 0 Å². The van der Waals surface area contributed by atoms with E-state index < -0.39 is 10.0 Å². The summed E-state index contributed by atoms with van der Waals surface area (Å²) in [5.74, 6) is 2.59. The van der Waals surface area contributed by atoms with Gasteiger partial charge < -0.3 is 5.32 Å². The normalized spacial score (nSPS) is 37.1. The highest BCUT2D eigenvalue weighted by molar-refractivity contribution is 7.93. The van der Waals surface area contributed by atoms with Gasteiger partial charge in [-0.1, -0.05) is 0 Å². The third kappa shape index (κ3) is 2.73. The molecule has 0 aromatic heterocycles. The fourth-order valence-corrected chi connectivity index (χ4v) is 7.85. The van der Waals surface area contributed by atoms with Crippen LogP contribution in [0, 0.1) is 17.8 Å². The Labute approximate surface area is 155 Å². The fourth-order valence-electron chi connectivity index (χ4n) is 6.29. The maximum Gasteiger partial charge on any atom is 0.251 e. The predicted molar refractivity (Wildman–Crippen MR) is 101 cm³/mol. The second kappa shape index (κ2) is 5.72. The first-order valence-electron chi connectivity index (χ1n) is 9.85. The van der Waals surface area contributed by atoms with Crippen LogP contribution in [-0.2, 0) is 10.0 Å². The molecule has 6 heteroatoms. The molecular formula is C20H26N2O3S. The molecule has 4 aliphatic carbocycles. The summed E-state index contributed by atoms with van der Waals surface area (Å²) in [6, 6.07) is 7.05. The summed E-state index contributed by atoms with van der Waals surface area (Å²) in [5.41, 5.74) is 1.29. The van der Waals surface area contributed by atoms with Crippen LogP contribution in [0.5, 0.6) is 0 Å². The topological polar surface area (TPSA) is 66.5 Å². The molecule has 0 spiro atoms. The molecule has 5 nitrogen and oxygen atoms in total. The number of sulfonamides is 1. The lowest BCUT2D eigenvalue weighted by Gasteiger charge is -2.56. The fraction of sp³-hybridized carbons (Fsp3) is 0.650. The number of carbonyl (C=O) groups excluding carboxylic acids is 1. The second-order valence-corrected chi connectivity index (χ2v) is 11.0. The molecule has 4 bridgehead atoms. The van der Waals surface area contributed by atoms with Crippen LogP contribution in [0.15, 0.2) is 24.3 Å². The van der Waals surface area contributed by atoms with Gasteiger partial charge in [0.15, 0.2) is 0 Å². The van der Waals surface area contributed by atoms with E-state index >= 15 is 0 Å². The van der Waals surface area contributed by atoms with E-state index in [0.717, 1.165) is 37.0 Å². The molecule has 1 aromatic rings. The number of nitrogens with zero attached hydrogens (tertiary/aromatic N) is 1. The molecule has 140 valence electrons. The number of carbonyl (C=O) groups is 1. The highest BCUT2D eigenvalue weighted by Gasteiger charge is 2.51. The van der Waals surface area contributed by atoms with Crippen molar-refractivity contribution in [1.29, 1.82) is 0 Å². The summed E-state index contributed by atoms with van der Waals surface area (Å²) in [4.78, 5) is 12.8. The number of amides is 1. The van der Waals surface area contributed by atoms with Crippen molar-refractivity contribution in [3.63, 3.8) is 0 Å². The van der Waals surface area contributed by atoms with Gasteiger partial charge in [-0.25, -0.2) is 8.42 Å². The smallest absolute Gasteiger partial charge is 0.251 e. The van der Waals surface area contributed by atoms with E-state index in [9.17, 15) is 13.2 Å². The molecule has 1 aromatic carbocycles. The summed E-state index contributed by atoms with van der Waals surface area (Å²) in [7, 11) is -3.18. The van der Waals surface area contributed by atoms with Gasteiger partial charge in [0.05, 0.1) is 11.4 Å². The number of rotatable bonds is 3. The summed E-state index contributed by atoms with van der Waals surface area (Å²) in [5, 5.41) is 3.38. The largest absolute Gasteiger partial charge is 0.347 e. The van der Waals surface area contributed by atoms with Gasteiger partial charge in [0.2, 0.25) is 10.0 Å². The van der Waals surface area contributed by atoms with Gasteiger partial charge in [0.25, 0.3) is 5.91 Å². The van der Waals surface area contributed by atoms with E-state index in [1.165, 1.54) is 23.6 Å². The van der Waals surface area contributed by atoms with E-state index in [1.807, 2.05) is 0 Å². The van der Waals surface area contributed by atoms with Gasteiger partial charge in [-0.3, -0.25) is 9.10 Å². The molecule has 0 unspecified atom stereocenters. The molecule has 0 radical (unpaired) electrons. The van der Waals surface area contributed by atoms with Gasteiger partial charge in [0, 0.05) is 17.6 Å². The average Bonchev–Trinajstić information content (AvgIpc) is 2.92.